The maximum absolute atomic E-state index is 11.2. The number of aliphatic carboxylic acids is 1. The summed E-state index contributed by atoms with van der Waals surface area (Å²) in [6, 6.07) is 12.6. The van der Waals surface area contributed by atoms with Crippen LogP contribution in [0.3, 0.4) is 0 Å². The molecule has 150 valence electrons. The summed E-state index contributed by atoms with van der Waals surface area (Å²) in [5, 5.41) is 50.0. The van der Waals surface area contributed by atoms with E-state index >= 15 is 0 Å². The Morgan fingerprint density at radius 2 is 1.46 bits per heavy atom. The number of aliphatic hydroxyl groups excluding tert-OH is 3. The molecule has 0 bridgehead atoms. The van der Waals surface area contributed by atoms with Crippen molar-refractivity contribution in [2.75, 3.05) is 5.06 Å². The molecule has 0 spiro atoms. The van der Waals surface area contributed by atoms with Crippen LogP contribution < -0.4 is 9.80 Å². The molecule has 5 N–H and O–H groups in total. The number of nitrogens with zero attached hydrogens (tertiary/aromatic N) is 1. The van der Waals surface area contributed by atoms with Crippen molar-refractivity contribution in [2.45, 2.75) is 30.6 Å². The fraction of sp³-hybridized carbons (Fsp3) is 0.278. The van der Waals surface area contributed by atoms with E-state index in [-0.39, 0.29) is 5.69 Å². The lowest BCUT2D eigenvalue weighted by molar-refractivity contribution is -0.237. The predicted molar refractivity (Wildman–Crippen MR) is 96.6 cm³/mol. The first-order chi connectivity index (χ1) is 13.3. The molecule has 0 radical (unpaired) electrons. The van der Waals surface area contributed by atoms with E-state index in [9.17, 15) is 25.3 Å². The van der Waals surface area contributed by atoms with Gasteiger partial charge in [-0.25, -0.2) is 9.86 Å². The van der Waals surface area contributed by atoms with Crippen LogP contribution >= 0.6 is 11.6 Å². The largest absolute Gasteiger partial charge is 0.479 e. The van der Waals surface area contributed by atoms with Gasteiger partial charge in [-0.1, -0.05) is 11.6 Å². The van der Waals surface area contributed by atoms with Crippen LogP contribution in [0.1, 0.15) is 0 Å². The number of carbonyl (C=O) groups is 1. The Kier molecular flexibility index (Phi) is 6.04. The van der Waals surface area contributed by atoms with E-state index < -0.39 is 36.6 Å². The topological polar surface area (TPSA) is 140 Å². The first-order valence-electron chi connectivity index (χ1n) is 8.22. The van der Waals surface area contributed by atoms with E-state index in [4.69, 9.17) is 26.2 Å². The highest BCUT2D eigenvalue weighted by atomic mass is 35.5. The van der Waals surface area contributed by atoms with Crippen molar-refractivity contribution >= 4 is 23.3 Å². The molecule has 1 saturated heterocycles. The van der Waals surface area contributed by atoms with Crippen LogP contribution in [0.5, 0.6) is 11.5 Å². The Morgan fingerprint density at radius 1 is 0.929 bits per heavy atom. The minimum absolute atomic E-state index is 0.139. The molecule has 9 nitrogen and oxygen atoms in total. The van der Waals surface area contributed by atoms with Gasteiger partial charge >= 0.3 is 5.97 Å². The zero-order valence-electron chi connectivity index (χ0n) is 14.3. The van der Waals surface area contributed by atoms with E-state index in [1.165, 1.54) is 24.3 Å². The second-order valence-electron chi connectivity index (χ2n) is 6.15. The highest BCUT2D eigenvalue weighted by Crippen LogP contribution is 2.29. The lowest BCUT2D eigenvalue weighted by Gasteiger charge is -2.41. The molecule has 1 aliphatic heterocycles. The Labute approximate surface area is 164 Å². The van der Waals surface area contributed by atoms with E-state index in [1.54, 1.807) is 24.3 Å². The smallest absolute Gasteiger partial charge is 0.335 e. The molecular formula is C18H18ClNO8. The van der Waals surface area contributed by atoms with E-state index in [2.05, 4.69) is 0 Å². The van der Waals surface area contributed by atoms with Gasteiger partial charge in [0.2, 0.25) is 0 Å². The number of carboxylic acids is 1. The average molecular weight is 412 g/mol. The van der Waals surface area contributed by atoms with Crippen molar-refractivity contribution in [3.63, 3.8) is 0 Å². The van der Waals surface area contributed by atoms with Crippen LogP contribution in [-0.2, 0) is 9.53 Å². The fourth-order valence-corrected chi connectivity index (χ4v) is 2.85. The lowest BCUT2D eigenvalue weighted by Crippen LogP contribution is -2.63. The standard InChI is InChI=1S/C18H18ClNO8/c19-9-1-5-11(6-2-9)27-12-7-3-10(4-8-12)20(26)17-15(23)13(21)14(22)16(28-17)18(24)25/h1-8,13-17,21-23,26H,(H,24,25)/t13-,14+,15-,16-,17+/m1/s1. The molecule has 2 aromatic rings. The van der Waals surface area contributed by atoms with Gasteiger partial charge in [-0.3, -0.25) is 5.21 Å². The summed E-state index contributed by atoms with van der Waals surface area (Å²) in [6.07, 6.45) is -8.83. The molecular weight excluding hydrogens is 394 g/mol. The van der Waals surface area contributed by atoms with Crippen LogP contribution in [0.2, 0.25) is 5.02 Å². The highest BCUT2D eigenvalue weighted by molar-refractivity contribution is 6.30. The molecule has 1 fully saturated rings. The molecule has 0 saturated carbocycles. The Balaban J connectivity index is 1.73. The van der Waals surface area contributed by atoms with Crippen LogP contribution in [0.15, 0.2) is 48.5 Å². The molecule has 2 aromatic carbocycles. The maximum atomic E-state index is 11.2. The maximum Gasteiger partial charge on any atom is 0.335 e. The zero-order chi connectivity index (χ0) is 20.4. The normalized spacial score (nSPS) is 27.2. The monoisotopic (exact) mass is 411 g/mol. The number of aliphatic hydroxyl groups is 3. The molecule has 5 atom stereocenters. The van der Waals surface area contributed by atoms with Crippen molar-refractivity contribution in [2.24, 2.45) is 0 Å². The Hall–Kier alpha value is -2.40. The minimum Gasteiger partial charge on any atom is -0.479 e. The Bertz CT molecular complexity index is 815. The molecule has 0 aromatic heterocycles. The summed E-state index contributed by atoms with van der Waals surface area (Å²) >= 11 is 5.81. The molecule has 3 rings (SSSR count). The SMILES string of the molecule is O=C(O)[C@@H]1O[C@H](N(O)c2ccc(Oc3ccc(Cl)cc3)cc2)[C@H](O)[C@H](O)[C@@H]1O. The molecule has 0 amide bonds. The third kappa shape index (κ3) is 4.20. The summed E-state index contributed by atoms with van der Waals surface area (Å²) in [5.74, 6) is -0.544. The zero-order valence-corrected chi connectivity index (χ0v) is 15.0. The van der Waals surface area contributed by atoms with Gasteiger partial charge in [0.25, 0.3) is 0 Å². The van der Waals surface area contributed by atoms with Crippen LogP contribution in [-0.4, -0.2) is 62.2 Å². The number of halogens is 1. The van der Waals surface area contributed by atoms with Crippen molar-refractivity contribution in [1.82, 2.24) is 0 Å². The average Bonchev–Trinajstić information content (AvgIpc) is 2.68. The van der Waals surface area contributed by atoms with Gasteiger partial charge in [0.1, 0.15) is 29.8 Å². The molecule has 0 aliphatic carbocycles. The van der Waals surface area contributed by atoms with E-state index in [0.29, 0.717) is 21.6 Å². The quantitative estimate of drug-likeness (QED) is 0.459. The van der Waals surface area contributed by atoms with E-state index in [1.807, 2.05) is 0 Å². The van der Waals surface area contributed by atoms with Gasteiger partial charge in [0.15, 0.2) is 12.3 Å². The first kappa shape index (κ1) is 20.3. The molecule has 1 aliphatic rings. The number of hydroxylamine groups is 1. The van der Waals surface area contributed by atoms with Crippen LogP contribution in [0.4, 0.5) is 5.69 Å². The second kappa shape index (κ2) is 8.31. The van der Waals surface area contributed by atoms with Gasteiger partial charge in [0.05, 0.1) is 5.69 Å². The van der Waals surface area contributed by atoms with E-state index in [0.717, 1.165) is 0 Å². The third-order valence-corrected chi connectivity index (χ3v) is 4.48. The summed E-state index contributed by atoms with van der Waals surface area (Å²) in [7, 11) is 0. The number of hydrogen-bond donors (Lipinski definition) is 5. The highest BCUT2D eigenvalue weighted by Gasteiger charge is 2.49. The van der Waals surface area contributed by atoms with Crippen LogP contribution in [0.25, 0.3) is 0 Å². The molecule has 1 heterocycles. The van der Waals surface area contributed by atoms with Crippen molar-refractivity contribution in [1.29, 1.82) is 0 Å². The van der Waals surface area contributed by atoms with Crippen molar-refractivity contribution < 1.29 is 39.9 Å². The van der Waals surface area contributed by atoms with Gasteiger partial charge < -0.3 is 29.9 Å². The fourth-order valence-electron chi connectivity index (χ4n) is 2.72. The predicted octanol–water partition coefficient (Wildman–Crippen LogP) is 1.22. The molecule has 10 heteroatoms. The van der Waals surface area contributed by atoms with Gasteiger partial charge in [-0.2, -0.15) is 0 Å². The Morgan fingerprint density at radius 3 is 2.00 bits per heavy atom. The summed E-state index contributed by atoms with van der Waals surface area (Å²) in [4.78, 5) is 11.2. The van der Waals surface area contributed by atoms with Gasteiger partial charge in [-0.05, 0) is 48.5 Å². The van der Waals surface area contributed by atoms with Gasteiger partial charge in [-0.15, -0.1) is 0 Å². The lowest BCUT2D eigenvalue weighted by atomic mass is 9.98. The first-order valence-corrected chi connectivity index (χ1v) is 8.60. The summed E-state index contributed by atoms with van der Waals surface area (Å²) in [5.41, 5.74) is 0.139. The van der Waals surface area contributed by atoms with Crippen LogP contribution in [0, 0.1) is 0 Å². The number of carboxylic acid groups (broad SMARTS) is 1. The second-order valence-corrected chi connectivity index (χ2v) is 6.59. The summed E-state index contributed by atoms with van der Waals surface area (Å²) < 4.78 is 10.7. The number of anilines is 1. The molecule has 28 heavy (non-hydrogen) atoms. The number of ether oxygens (including phenoxy) is 2. The number of rotatable bonds is 5. The number of hydrogen-bond acceptors (Lipinski definition) is 8. The van der Waals surface area contributed by atoms with Crippen molar-refractivity contribution in [3.8, 4) is 11.5 Å². The van der Waals surface area contributed by atoms with Crippen molar-refractivity contribution in [3.05, 3.63) is 53.6 Å². The molecule has 0 unspecified atom stereocenters. The summed E-state index contributed by atoms with van der Waals surface area (Å²) in [6.45, 7) is 0. The minimum atomic E-state index is -1.84. The third-order valence-electron chi connectivity index (χ3n) is 4.22. The van der Waals surface area contributed by atoms with Gasteiger partial charge in [0, 0.05) is 5.02 Å². The number of benzene rings is 2.